The van der Waals surface area contributed by atoms with Crippen LogP contribution >= 0.6 is 0 Å². The number of halogens is 1. The lowest BCUT2D eigenvalue weighted by Gasteiger charge is -2.15. The van der Waals surface area contributed by atoms with E-state index in [0.717, 1.165) is 17.5 Å². The molecule has 1 atom stereocenters. The van der Waals surface area contributed by atoms with Crippen LogP contribution in [0.25, 0.3) is 0 Å². The molecule has 1 aliphatic rings. The van der Waals surface area contributed by atoms with Crippen molar-refractivity contribution in [3.63, 3.8) is 0 Å². The standard InChI is InChI=1S/C15H18FN3O2S/c1-9-15(10(2)19(3)17-9)22(20,21)18-14-7-5-11-4-6-12(16)8-13(11)14/h4,6,8,14,18H,5,7H2,1-3H3/t14-/m1/s1. The molecule has 5 nitrogen and oxygen atoms in total. The second-order valence-corrected chi connectivity index (χ2v) is 7.33. The van der Waals surface area contributed by atoms with E-state index in [1.54, 1.807) is 31.6 Å². The van der Waals surface area contributed by atoms with Crippen molar-refractivity contribution in [2.24, 2.45) is 7.05 Å². The fourth-order valence-electron chi connectivity index (χ4n) is 3.08. The van der Waals surface area contributed by atoms with Crippen molar-refractivity contribution in [3.05, 3.63) is 46.5 Å². The molecule has 1 aromatic carbocycles. The number of fused-ring (bicyclic) bond motifs is 1. The Bertz CT molecular complexity index is 843. The Balaban J connectivity index is 1.96. The van der Waals surface area contributed by atoms with E-state index in [9.17, 15) is 12.8 Å². The van der Waals surface area contributed by atoms with E-state index in [0.29, 0.717) is 17.8 Å². The molecule has 2 aromatic rings. The number of nitrogens with one attached hydrogen (secondary N) is 1. The van der Waals surface area contributed by atoms with Gasteiger partial charge in [-0.05, 0) is 49.9 Å². The van der Waals surface area contributed by atoms with Gasteiger partial charge in [-0.1, -0.05) is 6.07 Å². The molecule has 1 N–H and O–H groups in total. The Morgan fingerprint density at radius 1 is 1.36 bits per heavy atom. The van der Waals surface area contributed by atoms with Gasteiger partial charge in [-0.15, -0.1) is 0 Å². The summed E-state index contributed by atoms with van der Waals surface area (Å²) in [6.45, 7) is 3.39. The highest BCUT2D eigenvalue weighted by molar-refractivity contribution is 7.89. The van der Waals surface area contributed by atoms with Crippen LogP contribution in [0, 0.1) is 19.7 Å². The predicted molar refractivity (Wildman–Crippen MR) is 80.5 cm³/mol. The first kappa shape index (κ1) is 15.2. The Hall–Kier alpha value is -1.73. The van der Waals surface area contributed by atoms with Gasteiger partial charge in [-0.3, -0.25) is 4.68 Å². The molecule has 22 heavy (non-hydrogen) atoms. The Kier molecular flexibility index (Phi) is 3.57. The maximum Gasteiger partial charge on any atom is 0.244 e. The summed E-state index contributed by atoms with van der Waals surface area (Å²) in [5.74, 6) is -0.349. The monoisotopic (exact) mass is 323 g/mol. The van der Waals surface area contributed by atoms with Gasteiger partial charge in [0.15, 0.2) is 0 Å². The van der Waals surface area contributed by atoms with E-state index in [1.165, 1.54) is 12.1 Å². The molecule has 1 heterocycles. The minimum absolute atomic E-state index is 0.208. The average Bonchev–Trinajstić information content (AvgIpc) is 2.91. The van der Waals surface area contributed by atoms with Crippen molar-refractivity contribution in [1.82, 2.24) is 14.5 Å². The van der Waals surface area contributed by atoms with Gasteiger partial charge >= 0.3 is 0 Å². The van der Waals surface area contributed by atoms with Gasteiger partial charge in [-0.25, -0.2) is 17.5 Å². The van der Waals surface area contributed by atoms with Gasteiger partial charge in [0.2, 0.25) is 10.0 Å². The third-order valence-electron chi connectivity index (χ3n) is 4.19. The summed E-state index contributed by atoms with van der Waals surface area (Å²) in [5.41, 5.74) is 2.77. The number of aryl methyl sites for hydroxylation is 3. The van der Waals surface area contributed by atoms with Crippen molar-refractivity contribution < 1.29 is 12.8 Å². The molecule has 0 saturated heterocycles. The first-order chi connectivity index (χ1) is 10.3. The van der Waals surface area contributed by atoms with Crippen LogP contribution in [0.1, 0.15) is 35.0 Å². The van der Waals surface area contributed by atoms with Gasteiger partial charge in [0, 0.05) is 13.1 Å². The summed E-state index contributed by atoms with van der Waals surface area (Å²) in [7, 11) is -1.99. The molecular weight excluding hydrogens is 305 g/mol. The van der Waals surface area contributed by atoms with Gasteiger partial charge in [0.1, 0.15) is 10.7 Å². The normalized spacial score (nSPS) is 17.7. The SMILES string of the molecule is Cc1nn(C)c(C)c1S(=O)(=O)N[C@@H]1CCc2ccc(F)cc21. The molecule has 0 fully saturated rings. The van der Waals surface area contributed by atoms with E-state index < -0.39 is 16.1 Å². The topological polar surface area (TPSA) is 64.0 Å². The van der Waals surface area contributed by atoms with Crippen molar-refractivity contribution in [2.75, 3.05) is 0 Å². The maximum absolute atomic E-state index is 13.4. The molecule has 118 valence electrons. The van der Waals surface area contributed by atoms with Crippen LogP contribution in [0.15, 0.2) is 23.1 Å². The first-order valence-electron chi connectivity index (χ1n) is 7.10. The highest BCUT2D eigenvalue weighted by Gasteiger charge is 2.31. The van der Waals surface area contributed by atoms with Gasteiger partial charge in [-0.2, -0.15) is 5.10 Å². The third-order valence-corrected chi connectivity index (χ3v) is 5.92. The molecule has 1 aromatic heterocycles. The van der Waals surface area contributed by atoms with Gasteiger partial charge in [0.05, 0.1) is 11.4 Å². The zero-order valence-electron chi connectivity index (χ0n) is 12.7. The van der Waals surface area contributed by atoms with E-state index in [2.05, 4.69) is 9.82 Å². The van der Waals surface area contributed by atoms with Crippen LogP contribution < -0.4 is 4.72 Å². The summed E-state index contributed by atoms with van der Waals surface area (Å²) in [6.07, 6.45) is 1.38. The zero-order chi connectivity index (χ0) is 16.1. The summed E-state index contributed by atoms with van der Waals surface area (Å²) >= 11 is 0. The second kappa shape index (κ2) is 5.17. The average molecular weight is 323 g/mol. The molecule has 0 spiro atoms. The Morgan fingerprint density at radius 2 is 2.09 bits per heavy atom. The minimum atomic E-state index is -3.70. The van der Waals surface area contributed by atoms with Crippen LogP contribution in [0.5, 0.6) is 0 Å². The van der Waals surface area contributed by atoms with Crippen LogP contribution in [-0.4, -0.2) is 18.2 Å². The number of nitrogens with zero attached hydrogens (tertiary/aromatic N) is 2. The van der Waals surface area contributed by atoms with E-state index >= 15 is 0 Å². The predicted octanol–water partition coefficient (Wildman–Crippen LogP) is 2.14. The quantitative estimate of drug-likeness (QED) is 0.941. The summed E-state index contributed by atoms with van der Waals surface area (Å²) < 4.78 is 43.0. The molecule has 0 radical (unpaired) electrons. The molecule has 0 amide bonds. The lowest BCUT2D eigenvalue weighted by molar-refractivity contribution is 0.551. The summed E-state index contributed by atoms with van der Waals surface area (Å²) in [6, 6.07) is 4.15. The maximum atomic E-state index is 13.4. The van der Waals surface area contributed by atoms with Crippen LogP contribution in [-0.2, 0) is 23.5 Å². The summed E-state index contributed by atoms with van der Waals surface area (Å²) in [5, 5.41) is 4.15. The van der Waals surface area contributed by atoms with Crippen molar-refractivity contribution in [1.29, 1.82) is 0 Å². The zero-order valence-corrected chi connectivity index (χ0v) is 13.5. The number of hydrogen-bond donors (Lipinski definition) is 1. The molecular formula is C15H18FN3O2S. The minimum Gasteiger partial charge on any atom is -0.271 e. The van der Waals surface area contributed by atoms with Gasteiger partial charge < -0.3 is 0 Å². The number of sulfonamides is 1. The van der Waals surface area contributed by atoms with E-state index in [4.69, 9.17) is 0 Å². The first-order valence-corrected chi connectivity index (χ1v) is 8.59. The highest BCUT2D eigenvalue weighted by Crippen LogP contribution is 2.33. The van der Waals surface area contributed by atoms with E-state index in [-0.39, 0.29) is 10.7 Å². The largest absolute Gasteiger partial charge is 0.271 e. The van der Waals surface area contributed by atoms with Crippen molar-refractivity contribution in [3.8, 4) is 0 Å². The molecule has 1 aliphatic carbocycles. The fourth-order valence-corrected chi connectivity index (χ4v) is 4.77. The molecule has 0 bridgehead atoms. The molecule has 0 aliphatic heterocycles. The van der Waals surface area contributed by atoms with Gasteiger partial charge in [0.25, 0.3) is 0 Å². The van der Waals surface area contributed by atoms with Crippen LogP contribution in [0.4, 0.5) is 4.39 Å². The van der Waals surface area contributed by atoms with Crippen molar-refractivity contribution >= 4 is 10.0 Å². The van der Waals surface area contributed by atoms with Crippen molar-refractivity contribution in [2.45, 2.75) is 37.6 Å². The number of aromatic nitrogens is 2. The molecule has 0 saturated carbocycles. The second-order valence-electron chi connectivity index (χ2n) is 5.68. The molecule has 3 rings (SSSR count). The van der Waals surface area contributed by atoms with Crippen LogP contribution in [0.3, 0.4) is 0 Å². The number of rotatable bonds is 3. The molecule has 7 heteroatoms. The smallest absolute Gasteiger partial charge is 0.244 e. The Morgan fingerprint density at radius 3 is 2.73 bits per heavy atom. The van der Waals surface area contributed by atoms with E-state index in [1.807, 2.05) is 0 Å². The summed E-state index contributed by atoms with van der Waals surface area (Å²) in [4.78, 5) is 0.208. The number of hydrogen-bond acceptors (Lipinski definition) is 3. The highest BCUT2D eigenvalue weighted by atomic mass is 32.2. The lowest BCUT2D eigenvalue weighted by atomic mass is 10.1. The Labute approximate surface area is 129 Å². The fraction of sp³-hybridized carbons (Fsp3) is 0.400. The molecule has 0 unspecified atom stereocenters. The third kappa shape index (κ3) is 2.44. The number of benzene rings is 1. The lowest BCUT2D eigenvalue weighted by Crippen LogP contribution is -2.28. The van der Waals surface area contributed by atoms with Crippen LogP contribution in [0.2, 0.25) is 0 Å².